The maximum Gasteiger partial charge on any atom is 0.269 e. The van der Waals surface area contributed by atoms with E-state index in [1.807, 2.05) is 0 Å². The summed E-state index contributed by atoms with van der Waals surface area (Å²) in [6.45, 7) is -0.114. The molecule has 0 saturated carbocycles. The second-order valence-electron chi connectivity index (χ2n) is 8.15. The molecule has 1 unspecified atom stereocenters. The average Bonchev–Trinajstić information content (AvgIpc) is 3.16. The van der Waals surface area contributed by atoms with Crippen LogP contribution in [0.15, 0.2) is 77.7 Å². The third-order valence-corrected chi connectivity index (χ3v) is 7.10. The van der Waals surface area contributed by atoms with Gasteiger partial charge in [-0.05, 0) is 48.0 Å². The van der Waals surface area contributed by atoms with Gasteiger partial charge in [0.05, 0.1) is 21.9 Å². The zero-order chi connectivity index (χ0) is 26.9. The van der Waals surface area contributed by atoms with Gasteiger partial charge in [0, 0.05) is 29.3 Å². The molecule has 1 saturated heterocycles. The van der Waals surface area contributed by atoms with Crippen LogP contribution in [0.3, 0.4) is 0 Å². The SMILES string of the molecule is NS(=O)(=O)c1ccc(N2C(=O)CC(N(Cc3ccccc3Cl)C(=O)c3ccc([N+](=O)[O-])cc3)C2=O)cc1. The number of non-ortho nitro benzene ring substituents is 1. The molecule has 2 N–H and O–H groups in total. The topological polar surface area (TPSA) is 161 Å². The second-order valence-corrected chi connectivity index (χ2v) is 10.1. The summed E-state index contributed by atoms with van der Waals surface area (Å²) in [6.07, 6.45) is -0.334. The Morgan fingerprint density at radius 2 is 1.68 bits per heavy atom. The van der Waals surface area contributed by atoms with Crippen LogP contribution >= 0.6 is 11.6 Å². The Morgan fingerprint density at radius 1 is 1.05 bits per heavy atom. The predicted molar refractivity (Wildman–Crippen MR) is 133 cm³/mol. The molecular formula is C24H19ClN4O7S. The molecule has 0 spiro atoms. The van der Waals surface area contributed by atoms with E-state index < -0.39 is 38.7 Å². The highest BCUT2D eigenvalue weighted by atomic mass is 35.5. The summed E-state index contributed by atoms with van der Waals surface area (Å²) in [5, 5.41) is 16.4. The molecule has 3 amide bonds. The summed E-state index contributed by atoms with van der Waals surface area (Å²) in [7, 11) is -3.98. The third-order valence-electron chi connectivity index (χ3n) is 5.81. The van der Waals surface area contributed by atoms with Crippen molar-refractivity contribution in [3.63, 3.8) is 0 Å². The number of hydrogen-bond acceptors (Lipinski definition) is 7. The highest BCUT2D eigenvalue weighted by Crippen LogP contribution is 2.30. The number of imide groups is 1. The number of nitrogens with two attached hydrogens (primary N) is 1. The molecule has 190 valence electrons. The monoisotopic (exact) mass is 542 g/mol. The molecule has 1 aliphatic rings. The van der Waals surface area contributed by atoms with E-state index in [0.717, 1.165) is 4.90 Å². The number of nitrogens with zero attached hydrogens (tertiary/aromatic N) is 3. The van der Waals surface area contributed by atoms with E-state index in [1.54, 1.807) is 24.3 Å². The summed E-state index contributed by atoms with van der Waals surface area (Å²) < 4.78 is 23.1. The number of amides is 3. The fourth-order valence-electron chi connectivity index (χ4n) is 3.94. The van der Waals surface area contributed by atoms with Crippen LogP contribution in [0.4, 0.5) is 11.4 Å². The van der Waals surface area contributed by atoms with Crippen molar-refractivity contribution < 1.29 is 27.7 Å². The molecule has 13 heteroatoms. The summed E-state index contributed by atoms with van der Waals surface area (Å²) in [6, 6.07) is 15.2. The minimum Gasteiger partial charge on any atom is -0.322 e. The lowest BCUT2D eigenvalue weighted by atomic mass is 10.1. The van der Waals surface area contributed by atoms with Crippen molar-refractivity contribution in [1.29, 1.82) is 0 Å². The molecule has 4 rings (SSSR count). The highest BCUT2D eigenvalue weighted by molar-refractivity contribution is 7.89. The lowest BCUT2D eigenvalue weighted by Crippen LogP contribution is -2.45. The van der Waals surface area contributed by atoms with Crippen molar-refractivity contribution in [2.45, 2.75) is 23.9 Å². The zero-order valence-corrected chi connectivity index (χ0v) is 20.6. The molecule has 3 aromatic carbocycles. The Balaban J connectivity index is 1.69. The second kappa shape index (κ2) is 10.1. The number of anilines is 1. The summed E-state index contributed by atoms with van der Waals surface area (Å²) >= 11 is 6.29. The van der Waals surface area contributed by atoms with E-state index in [-0.39, 0.29) is 34.8 Å². The first-order valence-corrected chi connectivity index (χ1v) is 12.7. The van der Waals surface area contributed by atoms with E-state index in [0.29, 0.717) is 10.6 Å². The molecule has 11 nitrogen and oxygen atoms in total. The average molecular weight is 543 g/mol. The van der Waals surface area contributed by atoms with Gasteiger partial charge in [0.25, 0.3) is 17.5 Å². The van der Waals surface area contributed by atoms with Crippen molar-refractivity contribution in [3.8, 4) is 0 Å². The van der Waals surface area contributed by atoms with Crippen LogP contribution in [-0.2, 0) is 26.2 Å². The number of primary sulfonamides is 1. The quantitative estimate of drug-likeness (QED) is 0.273. The molecule has 0 bridgehead atoms. The van der Waals surface area contributed by atoms with Crippen LogP contribution in [0, 0.1) is 10.1 Å². The third kappa shape index (κ3) is 5.35. The van der Waals surface area contributed by atoms with Gasteiger partial charge in [-0.2, -0.15) is 0 Å². The Kier molecular flexibility index (Phi) is 7.07. The number of nitro benzene ring substituents is 1. The van der Waals surface area contributed by atoms with E-state index in [1.165, 1.54) is 53.4 Å². The van der Waals surface area contributed by atoms with Gasteiger partial charge in [-0.15, -0.1) is 0 Å². The van der Waals surface area contributed by atoms with Gasteiger partial charge in [0.2, 0.25) is 15.9 Å². The van der Waals surface area contributed by atoms with E-state index in [9.17, 15) is 32.9 Å². The van der Waals surface area contributed by atoms with Gasteiger partial charge in [-0.1, -0.05) is 29.8 Å². The molecule has 1 fully saturated rings. The van der Waals surface area contributed by atoms with Crippen LogP contribution in [-0.4, -0.2) is 42.0 Å². The van der Waals surface area contributed by atoms with E-state index in [4.69, 9.17) is 16.7 Å². The van der Waals surface area contributed by atoms with Crippen molar-refractivity contribution in [2.75, 3.05) is 4.90 Å². The maximum absolute atomic E-state index is 13.5. The van der Waals surface area contributed by atoms with E-state index in [2.05, 4.69) is 0 Å². The zero-order valence-electron chi connectivity index (χ0n) is 19.0. The van der Waals surface area contributed by atoms with Gasteiger partial charge < -0.3 is 4.90 Å². The van der Waals surface area contributed by atoms with Gasteiger partial charge in [-0.3, -0.25) is 24.5 Å². The molecule has 0 radical (unpaired) electrons. The smallest absolute Gasteiger partial charge is 0.269 e. The molecule has 3 aromatic rings. The maximum atomic E-state index is 13.5. The number of carbonyl (C=O) groups is 3. The summed E-state index contributed by atoms with van der Waals surface area (Å²) in [5.41, 5.74) is 0.505. The van der Waals surface area contributed by atoms with Gasteiger partial charge in [0.15, 0.2) is 0 Å². The highest BCUT2D eigenvalue weighted by Gasteiger charge is 2.44. The number of carbonyl (C=O) groups excluding carboxylic acids is 3. The van der Waals surface area contributed by atoms with Crippen LogP contribution < -0.4 is 10.0 Å². The number of hydrogen-bond donors (Lipinski definition) is 1. The lowest BCUT2D eigenvalue weighted by molar-refractivity contribution is -0.384. The normalized spacial score (nSPS) is 15.6. The Morgan fingerprint density at radius 3 is 2.24 bits per heavy atom. The van der Waals surface area contributed by atoms with E-state index >= 15 is 0 Å². The molecule has 0 aromatic heterocycles. The molecule has 1 aliphatic heterocycles. The number of benzene rings is 3. The van der Waals surface area contributed by atoms with Gasteiger partial charge in [0.1, 0.15) is 6.04 Å². The first kappa shape index (κ1) is 25.9. The molecular weight excluding hydrogens is 524 g/mol. The minimum atomic E-state index is -3.98. The fourth-order valence-corrected chi connectivity index (χ4v) is 4.65. The largest absolute Gasteiger partial charge is 0.322 e. The number of sulfonamides is 1. The van der Waals surface area contributed by atoms with Crippen LogP contribution in [0.2, 0.25) is 5.02 Å². The fraction of sp³-hybridized carbons (Fsp3) is 0.125. The van der Waals surface area contributed by atoms with Gasteiger partial charge >= 0.3 is 0 Å². The van der Waals surface area contributed by atoms with Crippen molar-refractivity contribution in [1.82, 2.24) is 4.90 Å². The number of rotatable bonds is 7. The van der Waals surface area contributed by atoms with Crippen molar-refractivity contribution in [2.24, 2.45) is 5.14 Å². The molecule has 37 heavy (non-hydrogen) atoms. The van der Waals surface area contributed by atoms with Gasteiger partial charge in [-0.25, -0.2) is 18.5 Å². The Labute approximate surface area is 216 Å². The molecule has 1 heterocycles. The van der Waals surface area contributed by atoms with Crippen LogP contribution in [0.5, 0.6) is 0 Å². The number of nitro groups is 1. The first-order chi connectivity index (χ1) is 17.5. The van der Waals surface area contributed by atoms with Crippen LogP contribution in [0.25, 0.3) is 0 Å². The van der Waals surface area contributed by atoms with Crippen molar-refractivity contribution in [3.05, 3.63) is 99.1 Å². The molecule has 1 atom stereocenters. The van der Waals surface area contributed by atoms with Crippen molar-refractivity contribution >= 4 is 50.7 Å². The predicted octanol–water partition coefficient (Wildman–Crippen LogP) is 2.87. The summed E-state index contributed by atoms with van der Waals surface area (Å²) in [4.78, 5) is 52.1. The van der Waals surface area contributed by atoms with Crippen LogP contribution in [0.1, 0.15) is 22.3 Å². The summed E-state index contributed by atoms with van der Waals surface area (Å²) in [5.74, 6) is -1.93. The first-order valence-electron chi connectivity index (χ1n) is 10.8. The number of halogens is 1. The molecule has 0 aliphatic carbocycles. The minimum absolute atomic E-state index is 0.0776. The lowest BCUT2D eigenvalue weighted by Gasteiger charge is -2.28. The standard InChI is InChI=1S/C24H19ClN4O7S/c25-20-4-2-1-3-16(20)14-27(23(31)15-5-7-18(8-6-15)29(33)34)21-13-22(30)28(24(21)32)17-9-11-19(12-10-17)37(26,35)36/h1-12,21H,13-14H2,(H2,26,35,36). The Hall–Kier alpha value is -4.13. The Bertz CT molecular complexity index is 1510.